The summed E-state index contributed by atoms with van der Waals surface area (Å²) in [6, 6.07) is 6.60. The molecule has 5 rings (SSSR count). The molecule has 0 radical (unpaired) electrons. The highest BCUT2D eigenvalue weighted by molar-refractivity contribution is 7.99. The number of hydrogen-bond acceptors (Lipinski definition) is 6. The van der Waals surface area contributed by atoms with Crippen LogP contribution in [0.1, 0.15) is 54.4 Å². The van der Waals surface area contributed by atoms with E-state index in [1.165, 1.54) is 4.88 Å². The van der Waals surface area contributed by atoms with E-state index in [9.17, 15) is 4.79 Å². The number of carbonyl (C=O) groups excluding carboxylic acids is 1. The summed E-state index contributed by atoms with van der Waals surface area (Å²) in [7, 11) is 0. The Morgan fingerprint density at radius 3 is 2.88 bits per heavy atom. The van der Waals surface area contributed by atoms with Crippen molar-refractivity contribution in [1.82, 2.24) is 19.7 Å². The van der Waals surface area contributed by atoms with Crippen molar-refractivity contribution in [2.75, 3.05) is 24.7 Å². The Morgan fingerprint density at radius 1 is 1.34 bits per heavy atom. The van der Waals surface area contributed by atoms with Gasteiger partial charge in [0.2, 0.25) is 0 Å². The number of ether oxygens (including phenoxy) is 1. The van der Waals surface area contributed by atoms with E-state index in [0.717, 1.165) is 59.0 Å². The quantitative estimate of drug-likeness (QED) is 0.497. The van der Waals surface area contributed by atoms with Crippen molar-refractivity contribution in [2.24, 2.45) is 0 Å². The average Bonchev–Trinajstić information content (AvgIpc) is 3.58. The van der Waals surface area contributed by atoms with Crippen LogP contribution in [0.2, 0.25) is 0 Å². The van der Waals surface area contributed by atoms with E-state index in [1.54, 1.807) is 11.3 Å². The molecule has 2 atom stereocenters. The number of hydrogen-bond donors (Lipinski definition) is 0. The molecule has 2 aliphatic rings. The molecule has 0 aliphatic carbocycles. The summed E-state index contributed by atoms with van der Waals surface area (Å²) < 4.78 is 7.84. The minimum atomic E-state index is 0.0817. The SMILES string of the molecule is Cc1ccc(-c2cc(C(=O)N(CC3CCCO3)C3CCSC3)c3cnn(C(C)C)c3n2)s1. The van der Waals surface area contributed by atoms with Crippen LogP contribution in [0, 0.1) is 6.92 Å². The largest absolute Gasteiger partial charge is 0.376 e. The topological polar surface area (TPSA) is 60.3 Å². The molecule has 2 aliphatic heterocycles. The van der Waals surface area contributed by atoms with E-state index in [0.29, 0.717) is 12.1 Å². The van der Waals surface area contributed by atoms with Gasteiger partial charge < -0.3 is 9.64 Å². The van der Waals surface area contributed by atoms with Gasteiger partial charge in [0.25, 0.3) is 5.91 Å². The maximum atomic E-state index is 14.1. The molecule has 5 heterocycles. The summed E-state index contributed by atoms with van der Waals surface area (Å²) in [6.07, 6.45) is 5.10. The highest BCUT2D eigenvalue weighted by Crippen LogP contribution is 2.33. The molecule has 6 nitrogen and oxygen atoms in total. The van der Waals surface area contributed by atoms with Crippen molar-refractivity contribution in [3.63, 3.8) is 0 Å². The fraction of sp³-hybridized carbons (Fsp3) is 0.542. The lowest BCUT2D eigenvalue weighted by Gasteiger charge is -2.31. The molecule has 2 saturated heterocycles. The molecular weight excluding hydrogens is 440 g/mol. The van der Waals surface area contributed by atoms with Crippen LogP contribution in [0.4, 0.5) is 0 Å². The number of thioether (sulfide) groups is 1. The van der Waals surface area contributed by atoms with Crippen molar-refractivity contribution < 1.29 is 9.53 Å². The minimum absolute atomic E-state index is 0.0817. The van der Waals surface area contributed by atoms with E-state index < -0.39 is 0 Å². The normalized spacial score (nSPS) is 21.1. The number of aryl methyl sites for hydroxylation is 1. The van der Waals surface area contributed by atoms with E-state index in [1.807, 2.05) is 28.7 Å². The van der Waals surface area contributed by atoms with E-state index in [-0.39, 0.29) is 24.1 Å². The zero-order valence-corrected chi connectivity index (χ0v) is 20.5. The number of fused-ring (bicyclic) bond motifs is 1. The molecule has 0 saturated carbocycles. The second-order valence-corrected chi connectivity index (χ2v) is 11.4. The minimum Gasteiger partial charge on any atom is -0.376 e. The Bertz CT molecular complexity index is 1110. The van der Waals surface area contributed by atoms with Crippen LogP contribution in [-0.4, -0.2) is 62.4 Å². The van der Waals surface area contributed by atoms with Crippen molar-refractivity contribution >= 4 is 40.0 Å². The second-order valence-electron chi connectivity index (χ2n) is 9.00. The van der Waals surface area contributed by atoms with Crippen molar-refractivity contribution in [1.29, 1.82) is 0 Å². The van der Waals surface area contributed by atoms with Gasteiger partial charge in [-0.25, -0.2) is 9.67 Å². The maximum absolute atomic E-state index is 14.1. The first kappa shape index (κ1) is 21.9. The third-order valence-corrected chi connectivity index (χ3v) is 8.48. The van der Waals surface area contributed by atoms with Gasteiger partial charge in [-0.1, -0.05) is 0 Å². The summed E-state index contributed by atoms with van der Waals surface area (Å²) in [6.45, 7) is 7.75. The lowest BCUT2D eigenvalue weighted by Crippen LogP contribution is -2.44. The van der Waals surface area contributed by atoms with E-state index in [2.05, 4.69) is 42.9 Å². The lowest BCUT2D eigenvalue weighted by molar-refractivity contribution is 0.0443. The lowest BCUT2D eigenvalue weighted by atomic mass is 10.1. The van der Waals surface area contributed by atoms with Crippen molar-refractivity contribution in [3.05, 3.63) is 34.8 Å². The monoisotopic (exact) mass is 470 g/mol. The number of aromatic nitrogens is 3. The molecule has 3 aromatic heterocycles. The van der Waals surface area contributed by atoms with Crippen molar-refractivity contribution in [3.8, 4) is 10.6 Å². The zero-order chi connectivity index (χ0) is 22.2. The number of thiophene rings is 1. The summed E-state index contributed by atoms with van der Waals surface area (Å²) in [5, 5.41) is 5.43. The molecule has 1 amide bonds. The Labute approximate surface area is 197 Å². The van der Waals surface area contributed by atoms with Crippen LogP contribution in [0.25, 0.3) is 21.6 Å². The van der Waals surface area contributed by atoms with Gasteiger partial charge in [-0.3, -0.25) is 4.79 Å². The molecule has 0 spiro atoms. The van der Waals surface area contributed by atoms with Gasteiger partial charge in [-0.15, -0.1) is 11.3 Å². The molecule has 8 heteroatoms. The van der Waals surface area contributed by atoms with Gasteiger partial charge >= 0.3 is 0 Å². The van der Waals surface area contributed by atoms with Gasteiger partial charge in [0.15, 0.2) is 5.65 Å². The summed E-state index contributed by atoms with van der Waals surface area (Å²) in [4.78, 5) is 23.5. The first-order chi connectivity index (χ1) is 15.5. The molecule has 3 aromatic rings. The first-order valence-electron chi connectivity index (χ1n) is 11.5. The Balaban J connectivity index is 1.60. The van der Waals surface area contributed by atoms with Crippen LogP contribution in [0.15, 0.2) is 24.4 Å². The Kier molecular flexibility index (Phi) is 6.27. The molecule has 0 bridgehead atoms. The molecular formula is C24H30N4O2S2. The molecule has 2 fully saturated rings. The number of rotatable bonds is 6. The van der Waals surface area contributed by atoms with Gasteiger partial charge in [-0.2, -0.15) is 16.9 Å². The van der Waals surface area contributed by atoms with Crippen molar-refractivity contribution in [2.45, 2.75) is 58.2 Å². The number of amides is 1. The van der Waals surface area contributed by atoms with Crippen LogP contribution < -0.4 is 0 Å². The maximum Gasteiger partial charge on any atom is 0.255 e. The van der Waals surface area contributed by atoms with Gasteiger partial charge in [0.05, 0.1) is 33.8 Å². The fourth-order valence-electron chi connectivity index (χ4n) is 4.60. The van der Waals surface area contributed by atoms with Crippen LogP contribution in [-0.2, 0) is 4.74 Å². The second kappa shape index (κ2) is 9.15. The van der Waals surface area contributed by atoms with E-state index in [4.69, 9.17) is 9.72 Å². The zero-order valence-electron chi connectivity index (χ0n) is 18.9. The number of nitrogens with zero attached hydrogens (tertiary/aromatic N) is 4. The Morgan fingerprint density at radius 2 is 2.22 bits per heavy atom. The van der Waals surface area contributed by atoms with E-state index >= 15 is 0 Å². The van der Waals surface area contributed by atoms with Crippen LogP contribution in [0.3, 0.4) is 0 Å². The highest BCUT2D eigenvalue weighted by atomic mass is 32.2. The van der Waals surface area contributed by atoms with Gasteiger partial charge in [0.1, 0.15) is 0 Å². The number of pyridine rings is 1. The van der Waals surface area contributed by atoms with Crippen LogP contribution in [0.5, 0.6) is 0 Å². The summed E-state index contributed by atoms with van der Waals surface area (Å²) >= 11 is 3.64. The average molecular weight is 471 g/mol. The smallest absolute Gasteiger partial charge is 0.255 e. The Hall–Kier alpha value is -1.90. The standard InChI is InChI=1S/C24H30N4O2S2/c1-15(2)28-23-20(12-25-28)19(11-21(26-23)22-7-6-16(3)32-22)24(29)27(17-8-10-31-14-17)13-18-5-4-9-30-18/h6-7,11-12,15,17-18H,4-5,8-10,13-14H2,1-3H3. The fourth-order valence-corrected chi connectivity index (χ4v) is 6.65. The molecule has 32 heavy (non-hydrogen) atoms. The highest BCUT2D eigenvalue weighted by Gasteiger charge is 2.33. The molecule has 2 unspecified atom stereocenters. The first-order valence-corrected chi connectivity index (χ1v) is 13.4. The third-order valence-electron chi connectivity index (χ3n) is 6.31. The molecule has 170 valence electrons. The van der Waals surface area contributed by atoms with Gasteiger partial charge in [-0.05, 0) is 64.0 Å². The van der Waals surface area contributed by atoms with Crippen LogP contribution >= 0.6 is 23.1 Å². The molecule has 0 N–H and O–H groups in total. The summed E-state index contributed by atoms with van der Waals surface area (Å²) in [5.41, 5.74) is 2.34. The predicted octanol–water partition coefficient (Wildman–Crippen LogP) is 5.18. The predicted molar refractivity (Wildman–Crippen MR) is 132 cm³/mol. The van der Waals surface area contributed by atoms with Gasteiger partial charge in [0, 0.05) is 35.9 Å². The number of carbonyl (C=O) groups is 1. The summed E-state index contributed by atoms with van der Waals surface area (Å²) in [5.74, 6) is 2.18. The third kappa shape index (κ3) is 4.20. The molecule has 0 aromatic carbocycles.